The Morgan fingerprint density at radius 3 is 2.54 bits per heavy atom. The number of thioether (sulfide) groups is 1. The Labute approximate surface area is 228 Å². The summed E-state index contributed by atoms with van der Waals surface area (Å²) in [5.74, 6) is 0.832. The van der Waals surface area contributed by atoms with Crippen LogP contribution in [0.15, 0.2) is 70.7 Å². The third kappa shape index (κ3) is 6.02. The number of hydrogen-bond acceptors (Lipinski definition) is 10. The van der Waals surface area contributed by atoms with E-state index in [0.717, 1.165) is 49.4 Å². The van der Waals surface area contributed by atoms with E-state index in [1.807, 2.05) is 24.3 Å². The molecule has 5 rings (SSSR count). The number of likely N-dealkylation sites (N-methyl/N-ethyl adjacent to an activating group) is 1. The molecule has 200 valence electrons. The maximum atomic E-state index is 12.9. The number of rotatable bonds is 7. The van der Waals surface area contributed by atoms with E-state index < -0.39 is 4.92 Å². The number of benzene rings is 2. The smallest absolute Gasteiger partial charge is 0.287 e. The highest BCUT2D eigenvalue weighted by molar-refractivity contribution is 8.18. The van der Waals surface area contributed by atoms with E-state index in [2.05, 4.69) is 14.9 Å². The van der Waals surface area contributed by atoms with Crippen LogP contribution in [0, 0.1) is 10.1 Å². The first-order chi connectivity index (χ1) is 18.9. The molecule has 0 spiro atoms. The van der Waals surface area contributed by atoms with Crippen LogP contribution in [0.2, 0.25) is 0 Å². The Hall–Kier alpha value is -4.42. The van der Waals surface area contributed by atoms with Gasteiger partial charge < -0.3 is 19.1 Å². The van der Waals surface area contributed by atoms with Crippen LogP contribution in [-0.2, 0) is 9.53 Å². The predicted molar refractivity (Wildman–Crippen MR) is 149 cm³/mol. The van der Waals surface area contributed by atoms with Gasteiger partial charge in [0.2, 0.25) is 5.88 Å². The van der Waals surface area contributed by atoms with Crippen LogP contribution in [0.5, 0.6) is 17.4 Å². The van der Waals surface area contributed by atoms with Gasteiger partial charge >= 0.3 is 0 Å². The quantitative estimate of drug-likeness (QED) is 0.232. The number of pyridine rings is 1. The number of nitrogens with zero attached hydrogens (tertiary/aromatic N) is 5. The molecule has 3 heterocycles. The van der Waals surface area contributed by atoms with Crippen molar-refractivity contribution in [3.05, 3.63) is 81.4 Å². The topological polar surface area (TPSA) is 120 Å². The monoisotopic (exact) mass is 547 g/mol. The van der Waals surface area contributed by atoms with Crippen molar-refractivity contribution < 1.29 is 23.9 Å². The van der Waals surface area contributed by atoms with Gasteiger partial charge in [-0.25, -0.2) is 9.98 Å². The number of carbonyl (C=O) groups is 1. The van der Waals surface area contributed by atoms with Crippen LogP contribution >= 0.6 is 11.8 Å². The highest BCUT2D eigenvalue weighted by Gasteiger charge is 2.30. The number of amides is 1. The average molecular weight is 548 g/mol. The molecule has 0 radical (unpaired) electrons. The number of methoxy groups -OCH3 is 1. The number of anilines is 1. The third-order valence-electron chi connectivity index (χ3n) is 6.09. The summed E-state index contributed by atoms with van der Waals surface area (Å²) in [6.07, 6.45) is 2.89. The third-order valence-corrected chi connectivity index (χ3v) is 7.15. The Kier molecular flexibility index (Phi) is 7.75. The van der Waals surface area contributed by atoms with Crippen LogP contribution in [0.4, 0.5) is 17.1 Å². The number of aliphatic imine (C=N–C) groups is 1. The molecule has 0 saturated carbocycles. The average Bonchev–Trinajstić information content (AvgIpc) is 3.22. The summed E-state index contributed by atoms with van der Waals surface area (Å²) >= 11 is 1.30. The zero-order valence-corrected chi connectivity index (χ0v) is 22.1. The van der Waals surface area contributed by atoms with Crippen molar-refractivity contribution in [1.82, 2.24) is 9.88 Å². The molecule has 2 aromatic carbocycles. The second kappa shape index (κ2) is 11.5. The van der Waals surface area contributed by atoms with E-state index in [1.54, 1.807) is 31.3 Å². The van der Waals surface area contributed by atoms with Gasteiger partial charge in [0.1, 0.15) is 6.20 Å². The lowest BCUT2D eigenvalue weighted by molar-refractivity contribution is -0.385. The van der Waals surface area contributed by atoms with Crippen molar-refractivity contribution in [2.24, 2.45) is 4.99 Å². The number of ether oxygens (including phenoxy) is 3. The van der Waals surface area contributed by atoms with Gasteiger partial charge in [0.25, 0.3) is 11.6 Å². The van der Waals surface area contributed by atoms with Crippen molar-refractivity contribution in [2.45, 2.75) is 0 Å². The van der Waals surface area contributed by atoms with Gasteiger partial charge in [-0.1, -0.05) is 6.07 Å². The van der Waals surface area contributed by atoms with Gasteiger partial charge in [-0.15, -0.1) is 0 Å². The summed E-state index contributed by atoms with van der Waals surface area (Å²) in [6.45, 7) is 3.17. The fourth-order valence-corrected chi connectivity index (χ4v) is 4.97. The fraction of sp³-hybridized carbons (Fsp3) is 0.222. The second-order valence-electron chi connectivity index (χ2n) is 8.61. The molecule has 12 heteroatoms. The summed E-state index contributed by atoms with van der Waals surface area (Å²) in [7, 11) is 3.20. The molecular formula is C27H25N5O6S. The largest absolute Gasteiger partial charge is 0.493 e. The number of hydrogen-bond donors (Lipinski definition) is 0. The highest BCUT2D eigenvalue weighted by atomic mass is 32.2. The maximum Gasteiger partial charge on any atom is 0.287 e. The lowest BCUT2D eigenvalue weighted by Crippen LogP contribution is -2.36. The minimum Gasteiger partial charge on any atom is -0.493 e. The number of morpholine rings is 1. The van der Waals surface area contributed by atoms with Crippen molar-refractivity contribution in [3.8, 4) is 17.4 Å². The molecule has 2 saturated heterocycles. The second-order valence-corrected chi connectivity index (χ2v) is 9.62. The Morgan fingerprint density at radius 2 is 1.87 bits per heavy atom. The highest BCUT2D eigenvalue weighted by Crippen LogP contribution is 2.36. The summed E-state index contributed by atoms with van der Waals surface area (Å²) in [5, 5.41) is 11.4. The molecule has 11 nitrogen and oxygen atoms in total. The van der Waals surface area contributed by atoms with E-state index in [0.29, 0.717) is 21.6 Å². The fourth-order valence-electron chi connectivity index (χ4n) is 3.98. The van der Waals surface area contributed by atoms with Gasteiger partial charge in [0, 0.05) is 38.0 Å². The Morgan fingerprint density at radius 1 is 1.10 bits per heavy atom. The zero-order chi connectivity index (χ0) is 27.4. The maximum absolute atomic E-state index is 12.9. The van der Waals surface area contributed by atoms with Crippen molar-refractivity contribution >= 4 is 46.0 Å². The summed E-state index contributed by atoms with van der Waals surface area (Å²) in [5.41, 5.74) is 2.49. The number of carbonyl (C=O) groups excluding carboxylic acids is 1. The van der Waals surface area contributed by atoms with Crippen LogP contribution in [0.3, 0.4) is 0 Å². The van der Waals surface area contributed by atoms with E-state index in [9.17, 15) is 14.9 Å². The first kappa shape index (κ1) is 26.2. The van der Waals surface area contributed by atoms with Crippen LogP contribution in [0.25, 0.3) is 6.08 Å². The van der Waals surface area contributed by atoms with E-state index in [1.165, 1.54) is 35.9 Å². The summed E-state index contributed by atoms with van der Waals surface area (Å²) < 4.78 is 16.6. The number of aromatic nitrogens is 1. The molecular weight excluding hydrogens is 522 g/mol. The minimum absolute atomic E-state index is 0.132. The van der Waals surface area contributed by atoms with Crippen LogP contribution < -0.4 is 14.4 Å². The first-order valence-electron chi connectivity index (χ1n) is 12.1. The van der Waals surface area contributed by atoms with Crippen molar-refractivity contribution in [3.63, 3.8) is 0 Å². The zero-order valence-electron chi connectivity index (χ0n) is 21.3. The first-order valence-corrected chi connectivity index (χ1v) is 12.9. The van der Waals surface area contributed by atoms with E-state index in [-0.39, 0.29) is 17.5 Å². The standard InChI is InChI=1S/C27H25N5O6S/c1-30-26(33)24(39-27(30)29-19-4-6-20(7-5-19)31-11-13-37-14-12-31)16-18-3-9-22(23(15-18)36-2)38-25-10-8-21(17-28-25)32(34)35/h3-10,15-17H,11-14H2,1-2H3/b24-16+,29-27?. The minimum atomic E-state index is -0.530. The van der Waals surface area contributed by atoms with Gasteiger partial charge in [0.15, 0.2) is 16.7 Å². The molecule has 2 aliphatic rings. The molecule has 1 aromatic heterocycles. The van der Waals surface area contributed by atoms with Crippen LogP contribution in [0.1, 0.15) is 5.56 Å². The molecule has 39 heavy (non-hydrogen) atoms. The molecule has 0 N–H and O–H groups in total. The normalized spacial score (nSPS) is 17.6. The summed E-state index contributed by atoms with van der Waals surface area (Å²) in [6, 6.07) is 15.9. The summed E-state index contributed by atoms with van der Waals surface area (Å²) in [4.78, 5) is 36.2. The number of amidine groups is 1. The van der Waals surface area contributed by atoms with Gasteiger partial charge in [0.05, 0.1) is 35.8 Å². The van der Waals surface area contributed by atoms with E-state index >= 15 is 0 Å². The molecule has 0 atom stereocenters. The molecule has 2 aliphatic heterocycles. The predicted octanol–water partition coefficient (Wildman–Crippen LogP) is 4.86. The Bertz CT molecular complexity index is 1440. The molecule has 0 bridgehead atoms. The van der Waals surface area contributed by atoms with E-state index in [4.69, 9.17) is 14.2 Å². The molecule has 0 aliphatic carbocycles. The molecule has 2 fully saturated rings. The van der Waals surface area contributed by atoms with Gasteiger partial charge in [-0.2, -0.15) is 0 Å². The lowest BCUT2D eigenvalue weighted by Gasteiger charge is -2.28. The Balaban J connectivity index is 1.30. The van der Waals surface area contributed by atoms with Crippen molar-refractivity contribution in [1.29, 1.82) is 0 Å². The lowest BCUT2D eigenvalue weighted by atomic mass is 10.2. The molecule has 3 aromatic rings. The van der Waals surface area contributed by atoms with Crippen LogP contribution in [-0.4, -0.2) is 66.3 Å². The van der Waals surface area contributed by atoms with Gasteiger partial charge in [-0.05, 0) is 59.8 Å². The number of nitro groups is 1. The SMILES string of the molecule is COc1cc(/C=C2/SC(=Nc3ccc(N4CCOCC4)cc3)N(C)C2=O)ccc1Oc1ccc([N+](=O)[O-])cn1. The molecule has 0 unspecified atom stereocenters. The van der Waals surface area contributed by atoms with Gasteiger partial charge in [-0.3, -0.25) is 19.8 Å². The van der Waals surface area contributed by atoms with Crippen molar-refractivity contribution in [2.75, 3.05) is 45.4 Å². The molecule has 1 amide bonds.